The van der Waals surface area contributed by atoms with Crippen molar-refractivity contribution in [2.75, 3.05) is 5.73 Å². The van der Waals surface area contributed by atoms with E-state index in [1.54, 1.807) is 6.07 Å². The third-order valence-corrected chi connectivity index (χ3v) is 2.54. The predicted octanol–water partition coefficient (Wildman–Crippen LogP) is 2.77. The Labute approximate surface area is 113 Å². The molecule has 0 aliphatic carbocycles. The van der Waals surface area contributed by atoms with Gasteiger partial charge < -0.3 is 15.6 Å². The van der Waals surface area contributed by atoms with Crippen LogP contribution in [0.3, 0.4) is 0 Å². The van der Waals surface area contributed by atoms with E-state index in [2.05, 4.69) is 0 Å². The number of anilines is 1. The maximum Gasteiger partial charge on any atom is 0.335 e. The number of hydrogen-bond donors (Lipinski definition) is 2. The fourth-order valence-corrected chi connectivity index (χ4v) is 1.55. The van der Waals surface area contributed by atoms with Gasteiger partial charge in [0.05, 0.1) is 22.9 Å². The van der Waals surface area contributed by atoms with E-state index in [9.17, 15) is 9.18 Å². The molecule has 0 atom stereocenters. The predicted molar refractivity (Wildman–Crippen MR) is 69.0 cm³/mol. The number of carboxylic acid groups (broad SMARTS) is 1. The fourth-order valence-electron chi connectivity index (χ4n) is 1.55. The Morgan fingerprint density at radius 3 is 2.50 bits per heavy atom. The Kier molecular flexibility index (Phi) is 3.53. The van der Waals surface area contributed by atoms with Crippen molar-refractivity contribution in [1.29, 1.82) is 5.26 Å². The van der Waals surface area contributed by atoms with Gasteiger partial charge in [-0.25, -0.2) is 9.18 Å². The summed E-state index contributed by atoms with van der Waals surface area (Å²) in [5.41, 5.74) is 5.91. The van der Waals surface area contributed by atoms with Gasteiger partial charge in [-0.3, -0.25) is 0 Å². The highest BCUT2D eigenvalue weighted by molar-refractivity contribution is 5.89. The molecule has 0 saturated heterocycles. The zero-order chi connectivity index (χ0) is 14.7. The zero-order valence-corrected chi connectivity index (χ0v) is 10.1. The van der Waals surface area contributed by atoms with E-state index in [0.29, 0.717) is 0 Å². The molecule has 100 valence electrons. The van der Waals surface area contributed by atoms with Gasteiger partial charge >= 0.3 is 5.97 Å². The van der Waals surface area contributed by atoms with E-state index < -0.39 is 11.8 Å². The largest absolute Gasteiger partial charge is 0.478 e. The van der Waals surface area contributed by atoms with Crippen LogP contribution in [0.5, 0.6) is 11.5 Å². The van der Waals surface area contributed by atoms with Crippen molar-refractivity contribution in [2.45, 2.75) is 0 Å². The third-order valence-electron chi connectivity index (χ3n) is 2.54. The second kappa shape index (κ2) is 5.28. The zero-order valence-electron chi connectivity index (χ0n) is 10.1. The van der Waals surface area contributed by atoms with Crippen molar-refractivity contribution < 1.29 is 19.0 Å². The number of hydrogen-bond acceptors (Lipinski definition) is 4. The van der Waals surface area contributed by atoms with Crippen molar-refractivity contribution in [3.63, 3.8) is 0 Å². The van der Waals surface area contributed by atoms with Gasteiger partial charge in [-0.05, 0) is 36.4 Å². The molecule has 0 fully saturated rings. The second-order valence-electron chi connectivity index (χ2n) is 3.92. The first-order valence-corrected chi connectivity index (χ1v) is 5.51. The van der Waals surface area contributed by atoms with Crippen molar-refractivity contribution in [3.8, 4) is 17.6 Å². The minimum atomic E-state index is -1.12. The number of nitriles is 1. The highest BCUT2D eigenvalue weighted by Gasteiger charge is 2.10. The Balaban J connectivity index is 2.31. The number of carboxylic acids is 1. The van der Waals surface area contributed by atoms with Crippen LogP contribution in [-0.2, 0) is 0 Å². The summed E-state index contributed by atoms with van der Waals surface area (Å²) in [4.78, 5) is 10.8. The summed E-state index contributed by atoms with van der Waals surface area (Å²) in [6.07, 6.45) is 0. The molecule has 0 bridgehead atoms. The summed E-state index contributed by atoms with van der Waals surface area (Å²) in [5, 5.41) is 17.4. The number of halogens is 1. The molecule has 0 amide bonds. The van der Waals surface area contributed by atoms with E-state index in [4.69, 9.17) is 20.8 Å². The Morgan fingerprint density at radius 1 is 1.25 bits per heavy atom. The number of nitrogen functional groups attached to an aromatic ring is 1. The molecule has 0 aromatic heterocycles. The van der Waals surface area contributed by atoms with Gasteiger partial charge in [0.1, 0.15) is 0 Å². The van der Waals surface area contributed by atoms with Gasteiger partial charge in [0.2, 0.25) is 0 Å². The molecule has 2 aromatic carbocycles. The molecule has 5 nitrogen and oxygen atoms in total. The number of carbonyl (C=O) groups is 1. The van der Waals surface area contributed by atoms with Gasteiger partial charge in [0.15, 0.2) is 17.3 Å². The van der Waals surface area contributed by atoms with Crippen LogP contribution < -0.4 is 10.5 Å². The highest BCUT2D eigenvalue weighted by atomic mass is 19.1. The van der Waals surface area contributed by atoms with Crippen molar-refractivity contribution >= 4 is 11.7 Å². The van der Waals surface area contributed by atoms with Crippen LogP contribution in [0.2, 0.25) is 0 Å². The van der Waals surface area contributed by atoms with Gasteiger partial charge in [-0.2, -0.15) is 5.26 Å². The highest BCUT2D eigenvalue weighted by Crippen LogP contribution is 2.30. The summed E-state index contributed by atoms with van der Waals surface area (Å²) in [6, 6.07) is 9.42. The van der Waals surface area contributed by atoms with Crippen LogP contribution >= 0.6 is 0 Å². The monoisotopic (exact) mass is 272 g/mol. The molecule has 3 N–H and O–H groups in total. The first-order valence-electron chi connectivity index (χ1n) is 5.51. The lowest BCUT2D eigenvalue weighted by Gasteiger charge is -2.09. The van der Waals surface area contributed by atoms with Gasteiger partial charge in [-0.15, -0.1) is 0 Å². The van der Waals surface area contributed by atoms with Crippen LogP contribution in [-0.4, -0.2) is 11.1 Å². The lowest BCUT2D eigenvalue weighted by atomic mass is 10.2. The van der Waals surface area contributed by atoms with Crippen molar-refractivity contribution in [3.05, 3.63) is 53.3 Å². The lowest BCUT2D eigenvalue weighted by molar-refractivity contribution is 0.0697. The number of rotatable bonds is 3. The Morgan fingerprint density at radius 2 is 1.95 bits per heavy atom. The number of aromatic carboxylic acids is 1. The fraction of sp³-hybridized carbons (Fsp3) is 0. The molecule has 2 aromatic rings. The van der Waals surface area contributed by atoms with Crippen LogP contribution in [0.25, 0.3) is 0 Å². The summed E-state index contributed by atoms with van der Waals surface area (Å²) < 4.78 is 18.9. The maximum atomic E-state index is 13.7. The number of ether oxygens (including phenoxy) is 1. The third kappa shape index (κ3) is 2.67. The van der Waals surface area contributed by atoms with E-state index >= 15 is 0 Å². The van der Waals surface area contributed by atoms with Crippen LogP contribution in [0.15, 0.2) is 36.4 Å². The molecule has 2 rings (SSSR count). The quantitative estimate of drug-likeness (QED) is 0.837. The smallest absolute Gasteiger partial charge is 0.335 e. The van der Waals surface area contributed by atoms with Gasteiger partial charge in [0, 0.05) is 0 Å². The molecule has 0 heterocycles. The van der Waals surface area contributed by atoms with Gasteiger partial charge in [0.25, 0.3) is 0 Å². The molecule has 0 radical (unpaired) electrons. The van der Waals surface area contributed by atoms with Crippen molar-refractivity contribution in [1.82, 2.24) is 0 Å². The second-order valence-corrected chi connectivity index (χ2v) is 3.92. The average molecular weight is 272 g/mol. The van der Waals surface area contributed by atoms with E-state index in [1.165, 1.54) is 30.3 Å². The molecule has 6 heteroatoms. The minimum absolute atomic E-state index is 0.00940. The van der Waals surface area contributed by atoms with E-state index in [-0.39, 0.29) is 28.3 Å². The average Bonchev–Trinajstić information content (AvgIpc) is 2.42. The molecule has 20 heavy (non-hydrogen) atoms. The first-order chi connectivity index (χ1) is 9.51. The van der Waals surface area contributed by atoms with Crippen LogP contribution in [0, 0.1) is 17.1 Å². The maximum absolute atomic E-state index is 13.7. The molecule has 0 aliphatic heterocycles. The molecule has 0 unspecified atom stereocenters. The van der Waals surface area contributed by atoms with Gasteiger partial charge in [-0.1, -0.05) is 0 Å². The Hall–Kier alpha value is -3.07. The summed E-state index contributed by atoms with van der Waals surface area (Å²) in [5.74, 6) is -1.78. The van der Waals surface area contributed by atoms with Crippen LogP contribution in [0.1, 0.15) is 15.9 Å². The van der Waals surface area contributed by atoms with Crippen LogP contribution in [0.4, 0.5) is 10.1 Å². The summed E-state index contributed by atoms with van der Waals surface area (Å²) >= 11 is 0. The number of nitrogens with zero attached hydrogens (tertiary/aromatic N) is 1. The first kappa shape index (κ1) is 13.4. The topological polar surface area (TPSA) is 96.3 Å². The SMILES string of the molecule is N#Cc1ccc(Oc2ccc(C(=O)O)cc2N)c(F)c1. The van der Waals surface area contributed by atoms with Crippen molar-refractivity contribution in [2.24, 2.45) is 0 Å². The number of nitrogens with two attached hydrogens (primary N) is 1. The lowest BCUT2D eigenvalue weighted by Crippen LogP contribution is -2.00. The standard InChI is InChI=1S/C14H9FN2O3/c15-10-5-8(7-16)1-3-12(10)20-13-4-2-9(14(18)19)6-11(13)17/h1-6H,17H2,(H,18,19). The van der Waals surface area contributed by atoms with E-state index in [0.717, 1.165) is 6.07 Å². The van der Waals surface area contributed by atoms with E-state index in [1.807, 2.05) is 0 Å². The normalized spacial score (nSPS) is 9.80. The summed E-state index contributed by atoms with van der Waals surface area (Å²) in [6.45, 7) is 0. The molecule has 0 spiro atoms. The number of benzene rings is 2. The minimum Gasteiger partial charge on any atom is -0.478 e. The molecular weight excluding hydrogens is 263 g/mol. The Bertz CT molecular complexity index is 723. The summed E-state index contributed by atoms with van der Waals surface area (Å²) in [7, 11) is 0. The molecule has 0 aliphatic rings. The molecular formula is C14H9FN2O3. The molecule has 0 saturated carbocycles.